The van der Waals surface area contributed by atoms with Gasteiger partial charge in [0.1, 0.15) is 22.3 Å². The SMILES string of the molecule is COc1cc([C@@H]2C[C@H]2C(F)(F)F)c(F)cc1-n1c(=O)cc(F)c2cc(S(=O)(=O)Oc3c(F)c(F)c(F)c(F)c3F)ccc21. The second-order valence-electron chi connectivity index (χ2n) is 9.32. The number of hydrogen-bond acceptors (Lipinski definition) is 5. The van der Waals surface area contributed by atoms with E-state index in [1.165, 1.54) is 0 Å². The standard InChI is InChI=1S/C26H13F10NO5S/c1-41-18-6-11(10-5-13(10)26(34,35)36)14(27)7-17(18)37-16-3-2-9(4-12(16)15(28)8-19(37)38)43(39,40)42-25-23(32)21(30)20(29)22(31)24(25)33/h2-4,6-8,10,13H,5H2,1H3/t10-,13+/m0/s1. The van der Waals surface area contributed by atoms with E-state index in [4.69, 9.17) is 4.74 Å². The smallest absolute Gasteiger partial charge is 0.392 e. The van der Waals surface area contributed by atoms with Gasteiger partial charge >= 0.3 is 16.3 Å². The third-order valence-electron chi connectivity index (χ3n) is 6.74. The summed E-state index contributed by atoms with van der Waals surface area (Å²) in [5.41, 5.74) is -2.34. The molecule has 0 amide bonds. The molecule has 4 aromatic rings. The van der Waals surface area contributed by atoms with Crippen molar-refractivity contribution >= 4 is 21.0 Å². The topological polar surface area (TPSA) is 74.6 Å². The Labute approximate surface area is 233 Å². The molecule has 228 valence electrons. The van der Waals surface area contributed by atoms with Crippen LogP contribution in [0.4, 0.5) is 43.9 Å². The van der Waals surface area contributed by atoms with Crippen LogP contribution in [0.15, 0.2) is 46.1 Å². The van der Waals surface area contributed by atoms with Crippen LogP contribution >= 0.6 is 0 Å². The molecular weight excluding hydrogens is 628 g/mol. The number of hydrogen-bond donors (Lipinski definition) is 0. The molecule has 1 aromatic heterocycles. The van der Waals surface area contributed by atoms with Crippen LogP contribution in [0.3, 0.4) is 0 Å². The number of ether oxygens (including phenoxy) is 1. The molecule has 0 radical (unpaired) electrons. The van der Waals surface area contributed by atoms with Gasteiger partial charge in [-0.2, -0.15) is 30.4 Å². The van der Waals surface area contributed by atoms with E-state index in [-0.39, 0.29) is 17.7 Å². The van der Waals surface area contributed by atoms with Crippen molar-refractivity contribution in [3.8, 4) is 17.2 Å². The summed E-state index contributed by atoms with van der Waals surface area (Å²) in [6, 6.07) is 3.86. The summed E-state index contributed by atoms with van der Waals surface area (Å²) in [5, 5.41) is -0.687. The second kappa shape index (κ2) is 10.2. The number of halogens is 10. The molecule has 0 aliphatic heterocycles. The summed E-state index contributed by atoms with van der Waals surface area (Å²) in [7, 11) is -4.35. The van der Waals surface area contributed by atoms with Crippen molar-refractivity contribution < 1.29 is 61.2 Å². The van der Waals surface area contributed by atoms with E-state index in [2.05, 4.69) is 4.18 Å². The summed E-state index contributed by atoms with van der Waals surface area (Å²) in [4.78, 5) is 11.7. The predicted octanol–water partition coefficient (Wildman–Crippen LogP) is 6.41. The lowest BCUT2D eigenvalue weighted by Crippen LogP contribution is -2.20. The fourth-order valence-electron chi connectivity index (χ4n) is 4.57. The van der Waals surface area contributed by atoms with Crippen molar-refractivity contribution in [1.82, 2.24) is 4.57 Å². The first-order valence-electron chi connectivity index (χ1n) is 11.7. The van der Waals surface area contributed by atoms with E-state index in [0.29, 0.717) is 28.8 Å². The fourth-order valence-corrected chi connectivity index (χ4v) is 5.53. The lowest BCUT2D eigenvalue weighted by atomic mass is 10.1. The van der Waals surface area contributed by atoms with Crippen molar-refractivity contribution in [2.45, 2.75) is 23.4 Å². The minimum atomic E-state index is -5.41. The quantitative estimate of drug-likeness (QED) is 0.105. The van der Waals surface area contributed by atoms with E-state index in [1.807, 2.05) is 0 Å². The van der Waals surface area contributed by atoms with Gasteiger partial charge in [-0.25, -0.2) is 22.0 Å². The molecule has 0 spiro atoms. The molecule has 0 unspecified atom stereocenters. The van der Waals surface area contributed by atoms with Crippen LogP contribution in [0.5, 0.6) is 11.5 Å². The molecule has 0 saturated heterocycles. The Morgan fingerprint density at radius 3 is 2.00 bits per heavy atom. The van der Waals surface area contributed by atoms with Crippen LogP contribution in [0.2, 0.25) is 0 Å². The Morgan fingerprint density at radius 2 is 1.44 bits per heavy atom. The number of benzene rings is 3. The normalized spacial score (nSPS) is 16.9. The zero-order valence-corrected chi connectivity index (χ0v) is 21.8. The molecule has 1 saturated carbocycles. The third kappa shape index (κ3) is 5.04. The van der Waals surface area contributed by atoms with Gasteiger partial charge in [-0.05, 0) is 42.2 Å². The van der Waals surface area contributed by atoms with Gasteiger partial charge in [0.2, 0.25) is 34.8 Å². The van der Waals surface area contributed by atoms with Crippen molar-refractivity contribution in [2.75, 3.05) is 7.11 Å². The van der Waals surface area contributed by atoms with Crippen LogP contribution < -0.4 is 14.5 Å². The van der Waals surface area contributed by atoms with Gasteiger partial charge in [-0.15, -0.1) is 0 Å². The van der Waals surface area contributed by atoms with Crippen LogP contribution in [0.1, 0.15) is 17.9 Å². The van der Waals surface area contributed by atoms with Crippen molar-refractivity contribution in [2.24, 2.45) is 5.92 Å². The highest BCUT2D eigenvalue weighted by atomic mass is 32.2. The Bertz CT molecular complexity index is 1960. The number of alkyl halides is 3. The molecule has 3 aromatic carbocycles. The number of rotatable bonds is 6. The average molecular weight is 641 g/mol. The molecule has 17 heteroatoms. The maximum absolute atomic E-state index is 15.0. The van der Waals surface area contributed by atoms with E-state index < -0.39 is 102 Å². The van der Waals surface area contributed by atoms with E-state index in [9.17, 15) is 52.7 Å². The maximum Gasteiger partial charge on any atom is 0.392 e. The van der Waals surface area contributed by atoms with Crippen LogP contribution in [-0.4, -0.2) is 26.3 Å². The molecule has 6 nitrogen and oxygen atoms in total. The molecule has 1 heterocycles. The van der Waals surface area contributed by atoms with Gasteiger partial charge in [-0.1, -0.05) is 0 Å². The summed E-state index contributed by atoms with van der Waals surface area (Å²) in [6.45, 7) is 0. The molecule has 43 heavy (non-hydrogen) atoms. The lowest BCUT2D eigenvalue weighted by molar-refractivity contribution is -0.148. The van der Waals surface area contributed by atoms with Gasteiger partial charge < -0.3 is 8.92 Å². The first-order chi connectivity index (χ1) is 20.0. The highest BCUT2D eigenvalue weighted by Crippen LogP contribution is 2.57. The van der Waals surface area contributed by atoms with Crippen molar-refractivity contribution in [3.63, 3.8) is 0 Å². The van der Waals surface area contributed by atoms with E-state index in [1.54, 1.807) is 0 Å². The number of pyridine rings is 1. The molecule has 1 fully saturated rings. The third-order valence-corrected chi connectivity index (χ3v) is 7.95. The number of fused-ring (bicyclic) bond motifs is 1. The summed E-state index contributed by atoms with van der Waals surface area (Å²) >= 11 is 0. The van der Waals surface area contributed by atoms with Crippen LogP contribution in [0.25, 0.3) is 16.6 Å². The average Bonchev–Trinajstić information content (AvgIpc) is 3.75. The Balaban J connectivity index is 1.62. The summed E-state index contributed by atoms with van der Waals surface area (Å²) in [6.07, 6.45) is -4.96. The zero-order valence-electron chi connectivity index (χ0n) is 21.0. The van der Waals surface area contributed by atoms with Gasteiger partial charge in [0.25, 0.3) is 5.56 Å². The molecule has 5 rings (SSSR count). The first-order valence-corrected chi connectivity index (χ1v) is 13.1. The van der Waals surface area contributed by atoms with Gasteiger partial charge in [0, 0.05) is 17.5 Å². The summed E-state index contributed by atoms with van der Waals surface area (Å²) < 4.78 is 173. The van der Waals surface area contributed by atoms with Crippen LogP contribution in [-0.2, 0) is 10.1 Å². The number of methoxy groups -OCH3 is 1. The fraction of sp³-hybridized carbons (Fsp3) is 0.192. The first kappa shape index (κ1) is 30.2. The van der Waals surface area contributed by atoms with Crippen molar-refractivity contribution in [1.29, 1.82) is 0 Å². The molecule has 1 aliphatic carbocycles. The van der Waals surface area contributed by atoms with E-state index in [0.717, 1.165) is 19.2 Å². The second-order valence-corrected chi connectivity index (χ2v) is 10.9. The monoisotopic (exact) mass is 641 g/mol. The minimum absolute atomic E-state index is 0.300. The Morgan fingerprint density at radius 1 is 0.837 bits per heavy atom. The predicted molar refractivity (Wildman–Crippen MR) is 127 cm³/mol. The Hall–Kier alpha value is -4.28. The van der Waals surface area contributed by atoms with E-state index >= 15 is 4.39 Å². The highest BCUT2D eigenvalue weighted by Gasteiger charge is 2.57. The molecule has 0 N–H and O–H groups in total. The number of nitrogens with zero attached hydrogens (tertiary/aromatic N) is 1. The Kier molecular flexibility index (Phi) is 7.14. The molecule has 0 bridgehead atoms. The molecule has 1 aliphatic rings. The molecular formula is C26H13F10NO5S. The van der Waals surface area contributed by atoms with Crippen LogP contribution in [0, 0.1) is 46.6 Å². The lowest BCUT2D eigenvalue weighted by Gasteiger charge is -2.17. The van der Waals surface area contributed by atoms with Gasteiger partial charge in [-0.3, -0.25) is 9.36 Å². The summed E-state index contributed by atoms with van der Waals surface area (Å²) in [5.74, 6) is -20.8. The van der Waals surface area contributed by atoms with Gasteiger partial charge in [0.05, 0.1) is 24.2 Å². The highest BCUT2D eigenvalue weighted by molar-refractivity contribution is 7.87. The number of aromatic nitrogens is 1. The van der Waals surface area contributed by atoms with Gasteiger partial charge in [0.15, 0.2) is 0 Å². The maximum atomic E-state index is 15.0. The zero-order chi connectivity index (χ0) is 31.8. The van der Waals surface area contributed by atoms with Crippen molar-refractivity contribution in [3.05, 3.63) is 93.0 Å². The minimum Gasteiger partial charge on any atom is -0.495 e. The molecule has 2 atom stereocenters. The largest absolute Gasteiger partial charge is 0.495 e.